The van der Waals surface area contributed by atoms with Gasteiger partial charge in [0.2, 0.25) is 0 Å². The second-order valence-corrected chi connectivity index (χ2v) is 6.50. The van der Waals surface area contributed by atoms with Crippen LogP contribution in [0.2, 0.25) is 0 Å². The van der Waals surface area contributed by atoms with Crippen LogP contribution in [0.25, 0.3) is 0 Å². The van der Waals surface area contributed by atoms with Crippen molar-refractivity contribution in [1.29, 1.82) is 0 Å². The van der Waals surface area contributed by atoms with Crippen LogP contribution in [0.15, 0.2) is 24.3 Å². The Morgan fingerprint density at radius 3 is 2.20 bits per heavy atom. The van der Waals surface area contributed by atoms with Crippen LogP contribution >= 0.6 is 0 Å². The van der Waals surface area contributed by atoms with E-state index in [0.717, 1.165) is 31.6 Å². The lowest BCUT2D eigenvalue weighted by Crippen LogP contribution is -2.33. The molecule has 1 unspecified atom stereocenters. The molecule has 114 valence electrons. The lowest BCUT2D eigenvalue weighted by molar-refractivity contribution is 0.212. The molecule has 0 heterocycles. The highest BCUT2D eigenvalue weighted by Gasteiger charge is 2.13. The molecule has 0 fully saturated rings. The number of halogens is 1. The van der Waals surface area contributed by atoms with E-state index >= 15 is 0 Å². The Balaban J connectivity index is 2.53. The first kappa shape index (κ1) is 17.1. The molecule has 0 aromatic heterocycles. The van der Waals surface area contributed by atoms with Gasteiger partial charge in [-0.2, -0.15) is 0 Å². The molecular formula is C17H29FN2. The van der Waals surface area contributed by atoms with Crippen molar-refractivity contribution in [3.05, 3.63) is 35.6 Å². The van der Waals surface area contributed by atoms with Gasteiger partial charge in [-0.25, -0.2) is 4.39 Å². The highest BCUT2D eigenvalue weighted by atomic mass is 19.1. The summed E-state index contributed by atoms with van der Waals surface area (Å²) in [7, 11) is 0. The third-order valence-electron chi connectivity index (χ3n) is 3.28. The predicted octanol–water partition coefficient (Wildman–Crippen LogP) is 3.83. The zero-order valence-corrected chi connectivity index (χ0v) is 13.3. The van der Waals surface area contributed by atoms with Gasteiger partial charge in [-0.1, -0.05) is 39.8 Å². The highest BCUT2D eigenvalue weighted by molar-refractivity contribution is 5.19. The van der Waals surface area contributed by atoms with E-state index in [1.54, 1.807) is 12.1 Å². The van der Waals surface area contributed by atoms with Crippen LogP contribution in [0.3, 0.4) is 0 Å². The first-order valence-corrected chi connectivity index (χ1v) is 7.62. The van der Waals surface area contributed by atoms with Gasteiger partial charge < -0.3 is 10.6 Å². The van der Waals surface area contributed by atoms with Gasteiger partial charge in [0, 0.05) is 19.1 Å². The molecule has 0 aliphatic rings. The van der Waals surface area contributed by atoms with Crippen LogP contribution in [0.5, 0.6) is 0 Å². The van der Waals surface area contributed by atoms with Crippen molar-refractivity contribution in [2.75, 3.05) is 19.6 Å². The van der Waals surface area contributed by atoms with Crippen molar-refractivity contribution in [3.8, 4) is 0 Å². The lowest BCUT2D eigenvalue weighted by atomic mass is 10.0. The van der Waals surface area contributed by atoms with E-state index in [1.165, 1.54) is 6.07 Å². The summed E-state index contributed by atoms with van der Waals surface area (Å²) in [5, 5.41) is 0. The zero-order valence-electron chi connectivity index (χ0n) is 13.3. The zero-order chi connectivity index (χ0) is 15.1. The molecule has 2 N–H and O–H groups in total. The third kappa shape index (κ3) is 6.49. The molecule has 3 heteroatoms. The van der Waals surface area contributed by atoms with Crippen molar-refractivity contribution in [2.45, 2.75) is 40.2 Å². The van der Waals surface area contributed by atoms with E-state index in [9.17, 15) is 4.39 Å². The third-order valence-corrected chi connectivity index (χ3v) is 3.28. The topological polar surface area (TPSA) is 29.3 Å². The van der Waals surface area contributed by atoms with Gasteiger partial charge in [-0.15, -0.1) is 0 Å². The molecule has 1 aromatic rings. The molecule has 20 heavy (non-hydrogen) atoms. The molecular weight excluding hydrogens is 251 g/mol. The average Bonchev–Trinajstić information content (AvgIpc) is 2.34. The summed E-state index contributed by atoms with van der Waals surface area (Å²) in [6.45, 7) is 12.1. The smallest absolute Gasteiger partial charge is 0.123 e. The summed E-state index contributed by atoms with van der Waals surface area (Å²) >= 11 is 0. The van der Waals surface area contributed by atoms with E-state index in [1.807, 2.05) is 6.07 Å². The maximum atomic E-state index is 13.2. The van der Waals surface area contributed by atoms with Gasteiger partial charge in [0.1, 0.15) is 5.82 Å². The summed E-state index contributed by atoms with van der Waals surface area (Å²) < 4.78 is 13.2. The van der Waals surface area contributed by atoms with E-state index < -0.39 is 0 Å². The summed E-state index contributed by atoms with van der Waals surface area (Å²) in [4.78, 5) is 2.47. The Labute approximate surface area is 123 Å². The summed E-state index contributed by atoms with van der Waals surface area (Å²) in [5.41, 5.74) is 7.07. The summed E-state index contributed by atoms with van der Waals surface area (Å²) in [6.07, 6.45) is 0.864. The lowest BCUT2D eigenvalue weighted by Gasteiger charge is -2.27. The van der Waals surface area contributed by atoms with Crippen LogP contribution in [0, 0.1) is 17.7 Å². The SMILES string of the molecule is CC(C)CN(CCC(N)c1cccc(F)c1)CC(C)C. The van der Waals surface area contributed by atoms with Gasteiger partial charge in [0.15, 0.2) is 0 Å². The second kappa shape index (κ2) is 8.38. The van der Waals surface area contributed by atoms with E-state index in [2.05, 4.69) is 32.6 Å². The number of nitrogens with zero attached hydrogens (tertiary/aromatic N) is 1. The number of hydrogen-bond acceptors (Lipinski definition) is 2. The maximum Gasteiger partial charge on any atom is 0.123 e. The highest BCUT2D eigenvalue weighted by Crippen LogP contribution is 2.16. The van der Waals surface area contributed by atoms with Crippen molar-refractivity contribution in [3.63, 3.8) is 0 Å². The fourth-order valence-corrected chi connectivity index (χ4v) is 2.52. The van der Waals surface area contributed by atoms with Crippen LogP contribution in [-0.2, 0) is 0 Å². The molecule has 0 saturated carbocycles. The molecule has 0 amide bonds. The fraction of sp³-hybridized carbons (Fsp3) is 0.647. The second-order valence-electron chi connectivity index (χ2n) is 6.50. The van der Waals surface area contributed by atoms with Crippen LogP contribution in [0.1, 0.15) is 45.7 Å². The Morgan fingerprint density at radius 2 is 1.70 bits per heavy atom. The van der Waals surface area contributed by atoms with E-state index in [-0.39, 0.29) is 11.9 Å². The minimum atomic E-state index is -0.209. The number of benzene rings is 1. The van der Waals surface area contributed by atoms with Crippen molar-refractivity contribution >= 4 is 0 Å². The summed E-state index contributed by atoms with van der Waals surface area (Å²) in [6, 6.07) is 6.54. The Bertz CT molecular complexity index is 380. The molecule has 0 aliphatic carbocycles. The van der Waals surface area contributed by atoms with E-state index in [4.69, 9.17) is 5.73 Å². The van der Waals surface area contributed by atoms with Crippen molar-refractivity contribution in [1.82, 2.24) is 4.90 Å². The standard InChI is InChI=1S/C17H29FN2/c1-13(2)11-20(12-14(3)4)9-8-17(19)15-6-5-7-16(18)10-15/h5-7,10,13-14,17H,8-9,11-12,19H2,1-4H3. The molecule has 2 nitrogen and oxygen atoms in total. The predicted molar refractivity (Wildman–Crippen MR) is 84.1 cm³/mol. The molecule has 0 radical (unpaired) electrons. The molecule has 0 aliphatic heterocycles. The first-order valence-electron chi connectivity index (χ1n) is 7.62. The van der Waals surface area contributed by atoms with Gasteiger partial charge in [-0.3, -0.25) is 0 Å². The van der Waals surface area contributed by atoms with Crippen molar-refractivity contribution < 1.29 is 4.39 Å². The van der Waals surface area contributed by atoms with Crippen LogP contribution < -0.4 is 5.73 Å². The van der Waals surface area contributed by atoms with Crippen LogP contribution in [-0.4, -0.2) is 24.5 Å². The monoisotopic (exact) mass is 280 g/mol. The van der Waals surface area contributed by atoms with Gasteiger partial charge >= 0.3 is 0 Å². The molecule has 0 saturated heterocycles. The summed E-state index contributed by atoms with van der Waals surface area (Å²) in [5.74, 6) is 1.09. The Hall–Kier alpha value is -0.930. The van der Waals surface area contributed by atoms with Gasteiger partial charge in [0.05, 0.1) is 0 Å². The first-order chi connectivity index (χ1) is 9.38. The van der Waals surface area contributed by atoms with Crippen molar-refractivity contribution in [2.24, 2.45) is 17.6 Å². The molecule has 1 aromatic carbocycles. The van der Waals surface area contributed by atoms with Gasteiger partial charge in [-0.05, 0) is 42.5 Å². The fourth-order valence-electron chi connectivity index (χ4n) is 2.52. The van der Waals surface area contributed by atoms with E-state index in [0.29, 0.717) is 11.8 Å². The number of rotatable bonds is 8. The van der Waals surface area contributed by atoms with Crippen LogP contribution in [0.4, 0.5) is 4.39 Å². The van der Waals surface area contributed by atoms with Gasteiger partial charge in [0.25, 0.3) is 0 Å². The Kier molecular flexibility index (Phi) is 7.17. The minimum absolute atomic E-state index is 0.0903. The minimum Gasteiger partial charge on any atom is -0.324 e. The average molecular weight is 280 g/mol. The number of nitrogens with two attached hydrogens (primary N) is 1. The normalized spacial score (nSPS) is 13.4. The molecule has 0 spiro atoms. The quantitative estimate of drug-likeness (QED) is 0.784. The largest absolute Gasteiger partial charge is 0.324 e. The Morgan fingerprint density at radius 1 is 1.10 bits per heavy atom. The molecule has 1 rings (SSSR count). The molecule has 0 bridgehead atoms. The number of hydrogen-bond donors (Lipinski definition) is 1. The maximum absolute atomic E-state index is 13.2. The molecule has 1 atom stereocenters.